The predicted octanol–water partition coefficient (Wildman–Crippen LogP) is 13.5. The van der Waals surface area contributed by atoms with E-state index in [2.05, 4.69) is 142 Å². The van der Waals surface area contributed by atoms with Gasteiger partial charge < -0.3 is 14.2 Å². The first-order valence-corrected chi connectivity index (χ1v) is 35.6. The Balaban J connectivity index is 0.000000237. The standard InChI is InChI=1S/C16H10N2O3S3.C15H10N2S2.C12H10N4O3.C12H12N2O6.C8H9NO5S.C7H4N4S/c19-24(20,21)16-9-15(18-11-23)8-5-13(16)4-1-12-2-6-14(7-3-12)17-10-22;18-10-16-14-5-1-12(2-6-14)9-13-3-7-15(8-4-13)17-11-19;13-15-14-9-3-1-2-8(6-9)10(17)7-16-11(18)4-5-12(16)19;15-8-3-4-9(16)13(8)7-1-2-12(19)20-14-10(17)5-6-11(14)18;1-5(10)15-4-8(13)14-9-6(11)2-3-7(9)12;8-11-10-7-3-1-6(2-4-7)9-5-12/h1-9H,(H,19,20,21);1-8H,9H2;1-3,6H,4-5,7H2;3-4H,1-2,5-7H2;2-4H2,1H3;1-4H/p-1/b4-1+;;;;;. The average molecular weight is 1600 g/mol. The molecule has 3 saturated heterocycles. The van der Waals surface area contributed by atoms with Crippen LogP contribution < -0.4 is 0 Å². The summed E-state index contributed by atoms with van der Waals surface area (Å²) in [6.45, 7) is 1.13. The van der Waals surface area contributed by atoms with Gasteiger partial charge in [-0.3, -0.25) is 57.7 Å². The number of imide groups is 4. The van der Waals surface area contributed by atoms with Crippen molar-refractivity contribution in [1.82, 2.24) is 19.9 Å². The van der Waals surface area contributed by atoms with Crippen LogP contribution in [-0.4, -0.2) is 148 Å². The molecule has 109 heavy (non-hydrogen) atoms. The van der Waals surface area contributed by atoms with Gasteiger partial charge in [-0.25, -0.2) is 18.0 Å². The molecule has 3 fully saturated rings. The highest BCUT2D eigenvalue weighted by Crippen LogP contribution is 2.26. The zero-order valence-electron chi connectivity index (χ0n) is 56.6. The second kappa shape index (κ2) is 45.8. The van der Waals surface area contributed by atoms with E-state index in [0.717, 1.165) is 57.1 Å². The normalized spacial score (nSPS) is 12.9. The van der Waals surface area contributed by atoms with Crippen LogP contribution in [0.15, 0.2) is 192 Å². The molecule has 39 heteroatoms. The van der Waals surface area contributed by atoms with Gasteiger partial charge in [0.1, 0.15) is 15.9 Å². The summed E-state index contributed by atoms with van der Waals surface area (Å²) in [6, 6.07) is 39.9. The van der Waals surface area contributed by atoms with Crippen molar-refractivity contribution < 1.29 is 80.2 Å². The van der Waals surface area contributed by atoms with E-state index in [1.165, 1.54) is 42.3 Å². The maximum atomic E-state index is 12.0. The van der Waals surface area contributed by atoms with Gasteiger partial charge in [0.25, 0.3) is 35.4 Å². The van der Waals surface area contributed by atoms with Gasteiger partial charge in [0.2, 0.25) is 11.8 Å². The second-order valence-corrected chi connectivity index (χ2v) is 24.9. The van der Waals surface area contributed by atoms with E-state index in [1.807, 2.05) is 48.5 Å². The van der Waals surface area contributed by atoms with Crippen molar-refractivity contribution >= 4 is 231 Å². The number of nitrogens with zero attached hydrogens (tertiary/aromatic N) is 15. The summed E-state index contributed by atoms with van der Waals surface area (Å²) in [5.41, 5.74) is 24.3. The minimum absolute atomic E-state index is 0.0363. The van der Waals surface area contributed by atoms with Crippen molar-refractivity contribution in [2.24, 2.45) is 35.2 Å². The van der Waals surface area contributed by atoms with Crippen molar-refractivity contribution in [3.63, 3.8) is 0 Å². The van der Waals surface area contributed by atoms with Crippen LogP contribution in [0.4, 0.5) is 39.8 Å². The summed E-state index contributed by atoms with van der Waals surface area (Å²) in [6.07, 6.45) is 7.00. The molecule has 0 unspecified atom stereocenters. The van der Waals surface area contributed by atoms with Gasteiger partial charge in [0.15, 0.2) is 10.9 Å². The maximum Gasteiger partial charge on any atom is 0.343 e. The highest BCUT2D eigenvalue weighted by Gasteiger charge is 2.35. The van der Waals surface area contributed by atoms with Crippen molar-refractivity contribution in [3.05, 3.63) is 200 Å². The molecule has 0 spiro atoms. The molecule has 0 radical (unpaired) electrons. The maximum absolute atomic E-state index is 12.0. The number of carbonyl (C=O) groups excluding carboxylic acids is 12. The number of hydrogen-bond acceptors (Lipinski definition) is 30. The fourth-order valence-corrected chi connectivity index (χ4v) is 10.5. The van der Waals surface area contributed by atoms with Crippen LogP contribution in [0.1, 0.15) is 90.9 Å². The molecule has 0 N–H and O–H groups in total. The Morgan fingerprint density at radius 1 is 0.523 bits per heavy atom. The number of isothiocyanates is 5. The number of aliphatic imine (C=N–C) groups is 5. The third kappa shape index (κ3) is 30.5. The number of thioether (sulfide) groups is 1. The molecule has 6 aromatic carbocycles. The summed E-state index contributed by atoms with van der Waals surface area (Å²) < 4.78 is 34.3. The summed E-state index contributed by atoms with van der Waals surface area (Å²) >= 11 is 23.3. The monoisotopic (exact) mass is 1600 g/mol. The van der Waals surface area contributed by atoms with Crippen LogP contribution in [0.3, 0.4) is 0 Å². The molecule has 4 aliphatic rings. The Hall–Kier alpha value is -12.5. The molecule has 0 saturated carbocycles. The molecule has 4 heterocycles. The number of hydrogen-bond donors (Lipinski definition) is 0. The van der Waals surface area contributed by atoms with E-state index < -0.39 is 57.5 Å². The number of rotatable bonds is 23. The predicted molar refractivity (Wildman–Crippen MR) is 412 cm³/mol. The van der Waals surface area contributed by atoms with E-state index in [1.54, 1.807) is 78.9 Å². The van der Waals surface area contributed by atoms with Crippen molar-refractivity contribution in [3.8, 4) is 0 Å². The van der Waals surface area contributed by atoms with Crippen LogP contribution >= 0.6 is 72.9 Å². The number of carbonyl (C=O) groups is 12. The number of likely N-dealkylation sites (tertiary alicyclic amines) is 1. The highest BCUT2D eigenvalue weighted by atomic mass is 32.2. The topological polar surface area (TPSA) is 453 Å². The lowest BCUT2D eigenvalue weighted by molar-refractivity contribution is -0.197. The fraction of sp³-hybridized carbons (Fsp3) is 0.186. The van der Waals surface area contributed by atoms with Crippen molar-refractivity contribution in [1.29, 1.82) is 0 Å². The van der Waals surface area contributed by atoms with E-state index in [0.29, 0.717) is 38.4 Å². The van der Waals surface area contributed by atoms with Gasteiger partial charge in [0.05, 0.1) is 65.7 Å². The van der Waals surface area contributed by atoms with Gasteiger partial charge in [-0.05, 0) is 174 Å². The minimum atomic E-state index is -4.65. The molecular weight excluding hydrogens is 1550 g/mol. The summed E-state index contributed by atoms with van der Waals surface area (Å²) in [7, 11) is -4.65. The van der Waals surface area contributed by atoms with Crippen LogP contribution in [0, 0.1) is 0 Å². The van der Waals surface area contributed by atoms with Crippen LogP contribution in [0.25, 0.3) is 33.0 Å². The molecule has 32 nitrogen and oxygen atoms in total. The zero-order valence-corrected chi connectivity index (χ0v) is 62.3. The number of ketones is 1. The van der Waals surface area contributed by atoms with Gasteiger partial charge in [0, 0.05) is 97.3 Å². The van der Waals surface area contributed by atoms with Crippen LogP contribution in [0.5, 0.6) is 0 Å². The first kappa shape index (κ1) is 87.2. The Labute approximate surface area is 650 Å². The first-order valence-electron chi connectivity index (χ1n) is 31.2. The van der Waals surface area contributed by atoms with Crippen LogP contribution in [-0.2, 0) is 79.0 Å². The zero-order chi connectivity index (χ0) is 79.8. The second-order valence-electron chi connectivity index (χ2n) is 21.5. The summed E-state index contributed by atoms with van der Waals surface area (Å²) in [5.74, 6) is -5.74. The fourth-order valence-electron chi connectivity index (χ4n) is 8.93. The molecule has 0 aromatic heterocycles. The number of azide groups is 2. The Bertz CT molecular complexity index is 4880. The molecule has 0 bridgehead atoms. The van der Waals surface area contributed by atoms with Crippen LogP contribution in [0.2, 0.25) is 0 Å². The van der Waals surface area contributed by atoms with Gasteiger partial charge in [-0.1, -0.05) is 107 Å². The van der Waals surface area contributed by atoms with Gasteiger partial charge >= 0.3 is 11.9 Å². The third-order valence-electron chi connectivity index (χ3n) is 14.0. The number of Topliss-reactive ketones (excluding diaryl/α,β-unsaturated/α-hetero) is 1. The minimum Gasteiger partial charge on any atom is -0.744 e. The number of amides is 8. The molecule has 8 amide bonds. The third-order valence-corrected chi connectivity index (χ3v) is 16.2. The average Bonchev–Trinajstić information content (AvgIpc) is 1.36. The molecule has 554 valence electrons. The SMILES string of the molecule is CC(=O)SCC(=O)ON1C(=O)CCC1=O.O=C(CCCN1C(=O)C=CC1=O)ON1C(=O)CCC1=O.O=S(=O)([O-])c1cc(N=C=S)ccc1/C=C/c1ccc(N=C=S)cc1.S=C=Nc1ccc(Cc2ccc(N=C=S)cc2)cc1.[N-]=[N+]=Nc1ccc(N=C=S)cc1.[N-]=[N+]=Nc1cccc(C(=O)CN2C(=O)CCC2=O)c1. The number of benzene rings is 6. The summed E-state index contributed by atoms with van der Waals surface area (Å²) in [5, 5.41) is 18.8. The quantitative estimate of drug-likeness (QED) is 0.00661. The van der Waals surface area contributed by atoms with E-state index in [-0.39, 0.29) is 109 Å². The van der Waals surface area contributed by atoms with Crippen molar-refractivity contribution in [2.45, 2.75) is 69.6 Å². The Kier molecular flexibility index (Phi) is 36.6. The molecular formula is C70H54N15O17S7-. The lowest BCUT2D eigenvalue weighted by Gasteiger charge is -2.14. The molecule has 4 aliphatic heterocycles. The van der Waals surface area contributed by atoms with Gasteiger partial charge in [-0.2, -0.15) is 25.0 Å². The van der Waals surface area contributed by atoms with E-state index in [9.17, 15) is 70.5 Å². The number of thiocarbonyl (C=S) groups is 5. The van der Waals surface area contributed by atoms with E-state index in [4.69, 9.17) is 11.1 Å². The Morgan fingerprint density at radius 2 is 0.936 bits per heavy atom. The summed E-state index contributed by atoms with van der Waals surface area (Å²) in [4.78, 5) is 170. The lowest BCUT2D eigenvalue weighted by atomic mass is 10.0. The van der Waals surface area contributed by atoms with Gasteiger partial charge in [-0.15, -0.1) is 10.1 Å². The number of hydroxylamine groups is 4. The smallest absolute Gasteiger partial charge is 0.343 e. The molecule has 0 atom stereocenters. The molecule has 10 rings (SSSR count). The highest BCUT2D eigenvalue weighted by molar-refractivity contribution is 8.14. The van der Waals surface area contributed by atoms with Crippen molar-refractivity contribution in [2.75, 3.05) is 18.8 Å². The molecule has 6 aromatic rings. The first-order chi connectivity index (χ1) is 52.2. The molecule has 0 aliphatic carbocycles. The largest absolute Gasteiger partial charge is 0.744 e. The van der Waals surface area contributed by atoms with E-state index >= 15 is 0 Å². The lowest BCUT2D eigenvalue weighted by Crippen LogP contribution is -2.34. The Morgan fingerprint density at radius 3 is 1.39 bits per heavy atom.